The van der Waals surface area contributed by atoms with Gasteiger partial charge in [0.05, 0.1) is 11.0 Å². The van der Waals surface area contributed by atoms with E-state index in [2.05, 4.69) is 0 Å². The van der Waals surface area contributed by atoms with Gasteiger partial charge in [0.25, 0.3) is 11.6 Å². The molecule has 0 atom stereocenters. The van der Waals surface area contributed by atoms with Crippen LogP contribution in [0.4, 0.5) is 10.1 Å². The molecule has 0 saturated carbocycles. The zero-order valence-electron chi connectivity index (χ0n) is 15.0. The summed E-state index contributed by atoms with van der Waals surface area (Å²) >= 11 is 5.93. The summed E-state index contributed by atoms with van der Waals surface area (Å²) < 4.78 is 28.9. The Hall–Kier alpha value is -3.40. The highest BCUT2D eigenvalue weighted by Crippen LogP contribution is 2.38. The Morgan fingerprint density at radius 1 is 1.31 bits per heavy atom. The summed E-state index contributed by atoms with van der Waals surface area (Å²) in [5.41, 5.74) is -0.812. The van der Waals surface area contributed by atoms with E-state index in [4.69, 9.17) is 25.8 Å². The van der Waals surface area contributed by atoms with Crippen molar-refractivity contribution in [1.82, 2.24) is 4.90 Å². The molecule has 152 valence electrons. The van der Waals surface area contributed by atoms with Crippen LogP contribution in [0.15, 0.2) is 30.3 Å². The normalized spacial score (nSPS) is 11.8. The lowest BCUT2D eigenvalue weighted by atomic mass is 10.1. The van der Waals surface area contributed by atoms with Crippen molar-refractivity contribution in [3.05, 3.63) is 62.4 Å². The number of carbonyl (C=O) groups is 2. The largest absolute Gasteiger partial charge is 0.454 e. The Bertz CT molecular complexity index is 978. The predicted molar refractivity (Wildman–Crippen MR) is 97.4 cm³/mol. The van der Waals surface area contributed by atoms with E-state index in [1.54, 1.807) is 0 Å². The fraction of sp³-hybridized carbons (Fsp3) is 0.222. The molecular weight excluding hydrogens is 411 g/mol. The second kappa shape index (κ2) is 8.31. The maximum absolute atomic E-state index is 13.8. The molecule has 2 aromatic rings. The van der Waals surface area contributed by atoms with Crippen molar-refractivity contribution in [1.29, 1.82) is 0 Å². The Morgan fingerprint density at radius 2 is 2.00 bits per heavy atom. The zero-order chi connectivity index (χ0) is 21.1. The van der Waals surface area contributed by atoms with E-state index in [-0.39, 0.29) is 41.0 Å². The number of hydrogen-bond acceptors (Lipinski definition) is 7. The van der Waals surface area contributed by atoms with Crippen LogP contribution in [0.25, 0.3) is 0 Å². The standard InChI is InChI=1S/C18H14ClFN2O7/c1-21(7-11-12(19)3-2-4-13(11)20)17(23)8-27-18(24)10-5-15-16(29-9-28-15)6-14(10)22(25)26/h2-6H,7-9H2,1H3. The van der Waals surface area contributed by atoms with Crippen LogP contribution in [0, 0.1) is 15.9 Å². The van der Waals surface area contributed by atoms with Gasteiger partial charge >= 0.3 is 5.97 Å². The number of benzene rings is 2. The Labute approximate surface area is 168 Å². The number of amides is 1. The lowest BCUT2D eigenvalue weighted by Gasteiger charge is -2.18. The number of ether oxygens (including phenoxy) is 3. The summed E-state index contributed by atoms with van der Waals surface area (Å²) in [6, 6.07) is 6.29. The molecule has 3 rings (SSSR count). The van der Waals surface area contributed by atoms with Crippen LogP contribution in [0.3, 0.4) is 0 Å². The average molecular weight is 425 g/mol. The molecule has 0 aliphatic carbocycles. The van der Waals surface area contributed by atoms with Gasteiger partial charge in [0.15, 0.2) is 18.1 Å². The Morgan fingerprint density at radius 3 is 2.66 bits per heavy atom. The van der Waals surface area contributed by atoms with E-state index in [9.17, 15) is 24.1 Å². The van der Waals surface area contributed by atoms with Crippen LogP contribution in [-0.4, -0.2) is 42.1 Å². The van der Waals surface area contributed by atoms with Gasteiger partial charge < -0.3 is 19.1 Å². The molecule has 0 unspecified atom stereocenters. The molecule has 29 heavy (non-hydrogen) atoms. The fourth-order valence-electron chi connectivity index (χ4n) is 2.57. The van der Waals surface area contributed by atoms with Crippen LogP contribution < -0.4 is 9.47 Å². The summed E-state index contributed by atoms with van der Waals surface area (Å²) in [5, 5.41) is 11.4. The first kappa shape index (κ1) is 20.3. The molecule has 1 aliphatic rings. The van der Waals surface area contributed by atoms with Gasteiger partial charge in [-0.05, 0) is 12.1 Å². The van der Waals surface area contributed by atoms with Crippen molar-refractivity contribution in [2.24, 2.45) is 0 Å². The van der Waals surface area contributed by atoms with Gasteiger partial charge in [0.1, 0.15) is 11.4 Å². The SMILES string of the molecule is CN(Cc1c(F)cccc1Cl)C(=O)COC(=O)c1cc2c(cc1[N+](=O)[O-])OCO2. The molecule has 1 heterocycles. The van der Waals surface area contributed by atoms with Crippen molar-refractivity contribution >= 4 is 29.2 Å². The summed E-state index contributed by atoms with van der Waals surface area (Å²) in [6.45, 7) is -0.980. The molecule has 0 saturated heterocycles. The molecule has 0 N–H and O–H groups in total. The molecule has 0 radical (unpaired) electrons. The van der Waals surface area contributed by atoms with Gasteiger partial charge in [0, 0.05) is 30.2 Å². The third-order valence-electron chi connectivity index (χ3n) is 4.12. The van der Waals surface area contributed by atoms with Crippen molar-refractivity contribution < 1.29 is 33.1 Å². The number of esters is 1. The first-order valence-electron chi connectivity index (χ1n) is 8.20. The minimum absolute atomic E-state index is 0.114. The van der Waals surface area contributed by atoms with Crippen molar-refractivity contribution in [3.63, 3.8) is 0 Å². The summed E-state index contributed by atoms with van der Waals surface area (Å²) in [6.07, 6.45) is 0. The van der Waals surface area contributed by atoms with Gasteiger partial charge in [-0.15, -0.1) is 0 Å². The summed E-state index contributed by atoms with van der Waals surface area (Å²) in [4.78, 5) is 36.1. The maximum atomic E-state index is 13.8. The first-order valence-corrected chi connectivity index (χ1v) is 8.57. The highest BCUT2D eigenvalue weighted by Gasteiger charge is 2.28. The number of nitro benzene ring substituents is 1. The number of hydrogen-bond donors (Lipinski definition) is 0. The van der Waals surface area contributed by atoms with E-state index in [1.807, 2.05) is 0 Å². The number of fused-ring (bicyclic) bond motifs is 1. The Kier molecular flexibility index (Phi) is 5.83. The average Bonchev–Trinajstić information content (AvgIpc) is 3.15. The molecule has 11 heteroatoms. The topological polar surface area (TPSA) is 108 Å². The number of carbonyl (C=O) groups excluding carboxylic acids is 2. The minimum atomic E-state index is -1.08. The molecule has 0 fully saturated rings. The summed E-state index contributed by atoms with van der Waals surface area (Å²) in [7, 11) is 1.38. The van der Waals surface area contributed by atoms with Crippen molar-refractivity contribution in [2.75, 3.05) is 20.4 Å². The Balaban J connectivity index is 1.67. The smallest absolute Gasteiger partial charge is 0.345 e. The van der Waals surface area contributed by atoms with Crippen LogP contribution in [0.1, 0.15) is 15.9 Å². The van der Waals surface area contributed by atoms with E-state index < -0.39 is 34.9 Å². The zero-order valence-corrected chi connectivity index (χ0v) is 15.8. The monoisotopic (exact) mass is 424 g/mol. The lowest BCUT2D eigenvalue weighted by molar-refractivity contribution is -0.385. The van der Waals surface area contributed by atoms with Crippen LogP contribution >= 0.6 is 11.6 Å². The quantitative estimate of drug-likeness (QED) is 0.398. The van der Waals surface area contributed by atoms with E-state index in [0.29, 0.717) is 0 Å². The molecule has 1 amide bonds. The number of nitrogens with zero attached hydrogens (tertiary/aromatic N) is 2. The number of likely N-dealkylation sites (N-methyl/N-ethyl adjacent to an activating group) is 1. The van der Waals surface area contributed by atoms with E-state index in [1.165, 1.54) is 25.2 Å². The number of nitro groups is 1. The van der Waals surface area contributed by atoms with Crippen molar-refractivity contribution in [3.8, 4) is 11.5 Å². The highest BCUT2D eigenvalue weighted by atomic mass is 35.5. The van der Waals surface area contributed by atoms with Gasteiger partial charge in [-0.2, -0.15) is 0 Å². The van der Waals surface area contributed by atoms with Gasteiger partial charge in [-0.1, -0.05) is 17.7 Å². The van der Waals surface area contributed by atoms with E-state index in [0.717, 1.165) is 17.0 Å². The molecule has 0 spiro atoms. The second-order valence-corrected chi connectivity index (χ2v) is 6.41. The van der Waals surface area contributed by atoms with Gasteiger partial charge in [-0.3, -0.25) is 14.9 Å². The molecule has 9 nitrogen and oxygen atoms in total. The van der Waals surface area contributed by atoms with Crippen LogP contribution in [0.2, 0.25) is 5.02 Å². The second-order valence-electron chi connectivity index (χ2n) is 6.01. The highest BCUT2D eigenvalue weighted by molar-refractivity contribution is 6.31. The third kappa shape index (κ3) is 4.37. The van der Waals surface area contributed by atoms with E-state index >= 15 is 0 Å². The van der Waals surface area contributed by atoms with Crippen LogP contribution in [-0.2, 0) is 16.1 Å². The number of rotatable bonds is 6. The predicted octanol–water partition coefficient (Wildman–Crippen LogP) is 2.93. The van der Waals surface area contributed by atoms with Crippen molar-refractivity contribution in [2.45, 2.75) is 6.54 Å². The molecular formula is C18H14ClFN2O7. The minimum Gasteiger partial charge on any atom is -0.454 e. The molecule has 0 aromatic heterocycles. The first-order chi connectivity index (χ1) is 13.8. The van der Waals surface area contributed by atoms with Crippen LogP contribution in [0.5, 0.6) is 11.5 Å². The molecule has 2 aromatic carbocycles. The number of halogens is 2. The fourth-order valence-corrected chi connectivity index (χ4v) is 2.79. The van der Waals surface area contributed by atoms with Gasteiger partial charge in [-0.25, -0.2) is 9.18 Å². The molecule has 1 aliphatic heterocycles. The molecule has 0 bridgehead atoms. The lowest BCUT2D eigenvalue weighted by Crippen LogP contribution is -2.31. The third-order valence-corrected chi connectivity index (χ3v) is 4.47. The van der Waals surface area contributed by atoms with Gasteiger partial charge in [0.2, 0.25) is 6.79 Å². The summed E-state index contributed by atoms with van der Waals surface area (Å²) in [5.74, 6) is -2.03. The maximum Gasteiger partial charge on any atom is 0.345 e.